The van der Waals surface area contributed by atoms with Crippen LogP contribution in [-0.4, -0.2) is 30.1 Å². The van der Waals surface area contributed by atoms with Gasteiger partial charge in [-0.05, 0) is 34.8 Å². The van der Waals surface area contributed by atoms with Crippen molar-refractivity contribution in [2.45, 2.75) is 18.9 Å². The lowest BCUT2D eigenvalue weighted by atomic mass is 10.1. The fraction of sp³-hybridized carbons (Fsp3) is 0.417. The van der Waals surface area contributed by atoms with Gasteiger partial charge in [-0.25, -0.2) is 0 Å². The SMILES string of the molecule is O=C(NC1CCOCC1)c1cccc([N+](=O)[O-])c1Br. The molecule has 1 saturated heterocycles. The first-order chi connectivity index (χ1) is 9.09. The lowest BCUT2D eigenvalue weighted by Crippen LogP contribution is -2.39. The molecule has 6 nitrogen and oxygen atoms in total. The van der Waals surface area contributed by atoms with E-state index in [4.69, 9.17) is 4.74 Å². The third kappa shape index (κ3) is 3.30. The molecule has 102 valence electrons. The van der Waals surface area contributed by atoms with Crippen LogP contribution in [0.2, 0.25) is 0 Å². The van der Waals surface area contributed by atoms with E-state index in [-0.39, 0.29) is 27.7 Å². The molecule has 7 heteroatoms. The van der Waals surface area contributed by atoms with Crippen LogP contribution in [0.25, 0.3) is 0 Å². The molecule has 1 aromatic rings. The highest BCUT2D eigenvalue weighted by Gasteiger charge is 2.22. The first-order valence-electron chi connectivity index (χ1n) is 5.91. The number of hydrogen-bond donors (Lipinski definition) is 1. The average Bonchev–Trinajstić information content (AvgIpc) is 2.39. The highest BCUT2D eigenvalue weighted by atomic mass is 79.9. The molecule has 1 heterocycles. The molecule has 0 bridgehead atoms. The number of nitrogens with one attached hydrogen (secondary N) is 1. The Hall–Kier alpha value is -1.47. The number of carbonyl (C=O) groups is 1. The molecule has 1 fully saturated rings. The number of amides is 1. The number of ether oxygens (including phenoxy) is 1. The smallest absolute Gasteiger partial charge is 0.284 e. The molecule has 19 heavy (non-hydrogen) atoms. The standard InChI is InChI=1S/C12H13BrN2O4/c13-11-9(2-1-3-10(11)15(17)18)12(16)14-8-4-6-19-7-5-8/h1-3,8H,4-7H2,(H,14,16). The molecular weight excluding hydrogens is 316 g/mol. The Kier molecular flexibility index (Phi) is 4.49. The van der Waals surface area contributed by atoms with Crippen molar-refractivity contribution in [1.82, 2.24) is 5.32 Å². The summed E-state index contributed by atoms with van der Waals surface area (Å²) in [5.74, 6) is -0.303. The molecule has 0 aromatic heterocycles. The highest BCUT2D eigenvalue weighted by molar-refractivity contribution is 9.10. The number of halogens is 1. The Morgan fingerprint density at radius 1 is 1.42 bits per heavy atom. The average molecular weight is 329 g/mol. The van der Waals surface area contributed by atoms with E-state index in [0.717, 1.165) is 12.8 Å². The summed E-state index contributed by atoms with van der Waals surface area (Å²) in [6.07, 6.45) is 1.52. The summed E-state index contributed by atoms with van der Waals surface area (Å²) in [5, 5.41) is 13.7. The monoisotopic (exact) mass is 328 g/mol. The van der Waals surface area contributed by atoms with Gasteiger partial charge in [-0.15, -0.1) is 0 Å². The van der Waals surface area contributed by atoms with Crippen molar-refractivity contribution in [3.63, 3.8) is 0 Å². The van der Waals surface area contributed by atoms with Crippen LogP contribution < -0.4 is 5.32 Å². The van der Waals surface area contributed by atoms with Crippen LogP contribution >= 0.6 is 15.9 Å². The number of nitrogens with zero attached hydrogens (tertiary/aromatic N) is 1. The number of carbonyl (C=O) groups excluding carboxylic acids is 1. The van der Waals surface area contributed by atoms with E-state index in [9.17, 15) is 14.9 Å². The number of nitro benzene ring substituents is 1. The van der Waals surface area contributed by atoms with Crippen molar-refractivity contribution in [3.05, 3.63) is 38.3 Å². The molecule has 0 unspecified atom stereocenters. The van der Waals surface area contributed by atoms with E-state index in [0.29, 0.717) is 13.2 Å². The maximum Gasteiger partial charge on any atom is 0.284 e. The molecule has 0 radical (unpaired) electrons. The van der Waals surface area contributed by atoms with Gasteiger partial charge in [-0.2, -0.15) is 0 Å². The lowest BCUT2D eigenvalue weighted by Gasteiger charge is -2.23. The van der Waals surface area contributed by atoms with Gasteiger partial charge in [0.25, 0.3) is 11.6 Å². The summed E-state index contributed by atoms with van der Waals surface area (Å²) >= 11 is 3.12. The van der Waals surface area contributed by atoms with Gasteiger partial charge in [0.15, 0.2) is 0 Å². The first-order valence-corrected chi connectivity index (χ1v) is 6.70. The van der Waals surface area contributed by atoms with Crippen molar-refractivity contribution in [3.8, 4) is 0 Å². The Morgan fingerprint density at radius 2 is 2.11 bits per heavy atom. The summed E-state index contributed by atoms with van der Waals surface area (Å²) in [5.41, 5.74) is 0.167. The molecular formula is C12H13BrN2O4. The number of nitro groups is 1. The fourth-order valence-electron chi connectivity index (χ4n) is 1.94. The molecule has 1 amide bonds. The molecule has 0 atom stereocenters. The van der Waals surface area contributed by atoms with E-state index in [2.05, 4.69) is 21.2 Å². The normalized spacial score (nSPS) is 16.1. The largest absolute Gasteiger partial charge is 0.381 e. The molecule has 0 aliphatic carbocycles. The maximum atomic E-state index is 12.1. The Labute approximate surface area is 118 Å². The first kappa shape index (κ1) is 14.0. The van der Waals surface area contributed by atoms with Crippen molar-refractivity contribution in [2.75, 3.05) is 13.2 Å². The summed E-state index contributed by atoms with van der Waals surface area (Å²) in [7, 11) is 0. The van der Waals surface area contributed by atoms with Crippen LogP contribution in [0.1, 0.15) is 23.2 Å². The third-order valence-corrected chi connectivity index (χ3v) is 3.81. The minimum Gasteiger partial charge on any atom is -0.381 e. The topological polar surface area (TPSA) is 81.5 Å². The van der Waals surface area contributed by atoms with Crippen LogP contribution in [0.15, 0.2) is 22.7 Å². The third-order valence-electron chi connectivity index (χ3n) is 2.98. The summed E-state index contributed by atoms with van der Waals surface area (Å²) in [6, 6.07) is 4.48. The quantitative estimate of drug-likeness (QED) is 0.681. The van der Waals surface area contributed by atoms with Crippen LogP contribution in [0.4, 0.5) is 5.69 Å². The molecule has 0 spiro atoms. The molecule has 0 saturated carbocycles. The van der Waals surface area contributed by atoms with Crippen LogP contribution in [-0.2, 0) is 4.74 Å². The summed E-state index contributed by atoms with van der Waals surface area (Å²) in [4.78, 5) is 22.4. The highest BCUT2D eigenvalue weighted by Crippen LogP contribution is 2.28. The predicted octanol–water partition coefficient (Wildman–Crippen LogP) is 2.27. The van der Waals surface area contributed by atoms with Gasteiger partial charge in [0.2, 0.25) is 0 Å². The lowest BCUT2D eigenvalue weighted by molar-refractivity contribution is -0.385. The maximum absolute atomic E-state index is 12.1. The summed E-state index contributed by atoms with van der Waals surface area (Å²) in [6.45, 7) is 1.25. The second kappa shape index (κ2) is 6.12. The molecule has 1 N–H and O–H groups in total. The van der Waals surface area contributed by atoms with Gasteiger partial charge in [0.1, 0.15) is 4.47 Å². The second-order valence-corrected chi connectivity index (χ2v) is 5.05. The van der Waals surface area contributed by atoms with Gasteiger partial charge in [0, 0.05) is 25.3 Å². The van der Waals surface area contributed by atoms with E-state index in [1.165, 1.54) is 12.1 Å². The Balaban J connectivity index is 2.14. The van der Waals surface area contributed by atoms with E-state index in [1.807, 2.05) is 0 Å². The number of benzene rings is 1. The van der Waals surface area contributed by atoms with Gasteiger partial charge >= 0.3 is 0 Å². The minimum atomic E-state index is -0.519. The van der Waals surface area contributed by atoms with Crippen molar-refractivity contribution in [2.24, 2.45) is 0 Å². The van der Waals surface area contributed by atoms with Gasteiger partial charge in [-0.3, -0.25) is 14.9 Å². The fourth-order valence-corrected chi connectivity index (χ4v) is 2.53. The molecule has 1 aromatic carbocycles. The van der Waals surface area contributed by atoms with Crippen LogP contribution in [0.5, 0.6) is 0 Å². The van der Waals surface area contributed by atoms with Crippen molar-refractivity contribution in [1.29, 1.82) is 0 Å². The zero-order valence-electron chi connectivity index (χ0n) is 10.1. The van der Waals surface area contributed by atoms with Gasteiger partial charge in [0.05, 0.1) is 10.5 Å². The predicted molar refractivity (Wildman–Crippen MR) is 72.1 cm³/mol. The zero-order chi connectivity index (χ0) is 13.8. The molecule has 2 rings (SSSR count). The van der Waals surface area contributed by atoms with Crippen molar-refractivity contribution >= 4 is 27.5 Å². The Morgan fingerprint density at radius 3 is 2.74 bits per heavy atom. The zero-order valence-corrected chi connectivity index (χ0v) is 11.7. The van der Waals surface area contributed by atoms with Crippen LogP contribution in [0, 0.1) is 10.1 Å². The molecule has 1 aliphatic heterocycles. The van der Waals surface area contributed by atoms with E-state index in [1.54, 1.807) is 6.07 Å². The van der Waals surface area contributed by atoms with Gasteiger partial charge in [-0.1, -0.05) is 6.07 Å². The van der Waals surface area contributed by atoms with Gasteiger partial charge < -0.3 is 10.1 Å². The van der Waals surface area contributed by atoms with E-state index >= 15 is 0 Å². The second-order valence-electron chi connectivity index (χ2n) is 4.26. The summed E-state index contributed by atoms with van der Waals surface area (Å²) < 4.78 is 5.42. The minimum absolute atomic E-state index is 0.0624. The number of hydrogen-bond acceptors (Lipinski definition) is 4. The van der Waals surface area contributed by atoms with Crippen LogP contribution in [0.3, 0.4) is 0 Å². The number of rotatable bonds is 3. The van der Waals surface area contributed by atoms with E-state index < -0.39 is 4.92 Å². The molecule has 1 aliphatic rings. The van der Waals surface area contributed by atoms with Crippen molar-refractivity contribution < 1.29 is 14.5 Å². The Bertz CT molecular complexity index is 501.